The second kappa shape index (κ2) is 12.5. The van der Waals surface area contributed by atoms with Crippen LogP contribution in [0.2, 0.25) is 0 Å². The summed E-state index contributed by atoms with van der Waals surface area (Å²) < 4.78 is 0. The van der Waals surface area contributed by atoms with Gasteiger partial charge in [-0.1, -0.05) is 24.0 Å². The minimum atomic E-state index is -1.04. The van der Waals surface area contributed by atoms with E-state index in [4.69, 9.17) is 16.7 Å². The van der Waals surface area contributed by atoms with E-state index in [0.29, 0.717) is 17.7 Å². The molecule has 0 aliphatic rings. The molecule has 1 atom stereocenters. The van der Waals surface area contributed by atoms with E-state index < -0.39 is 17.9 Å². The molecule has 0 aliphatic heterocycles. The SMILES string of the molecule is NCC(=O)NCc1cccc(C#CC#Cc2ccc(C(=O)N[C@@H](CN)C(=O)NO)cc2)c1. The summed E-state index contributed by atoms with van der Waals surface area (Å²) in [5.41, 5.74) is 14.7. The molecule has 0 heterocycles. The van der Waals surface area contributed by atoms with Crippen molar-refractivity contribution in [3.05, 3.63) is 70.8 Å². The quantitative estimate of drug-likeness (QED) is 0.191. The van der Waals surface area contributed by atoms with Gasteiger partial charge in [0.15, 0.2) is 0 Å². The summed E-state index contributed by atoms with van der Waals surface area (Å²) in [5, 5.41) is 13.8. The van der Waals surface area contributed by atoms with Crippen LogP contribution in [0.15, 0.2) is 48.5 Å². The number of rotatable bonds is 7. The van der Waals surface area contributed by atoms with E-state index in [9.17, 15) is 14.4 Å². The van der Waals surface area contributed by atoms with E-state index in [1.807, 2.05) is 24.3 Å². The summed E-state index contributed by atoms with van der Waals surface area (Å²) in [7, 11) is 0. The highest BCUT2D eigenvalue weighted by Gasteiger charge is 2.19. The molecule has 0 saturated carbocycles. The lowest BCUT2D eigenvalue weighted by molar-refractivity contribution is -0.130. The number of hydroxylamine groups is 1. The fourth-order valence-electron chi connectivity index (χ4n) is 2.49. The standard InChI is InChI=1S/C23H23N5O4/c24-13-20(23(31)28-32)27-22(30)19-10-8-16(9-11-19)4-1-2-5-17-6-3-7-18(12-17)15-26-21(29)14-25/h3,6-12,20,32H,13-15,24-25H2,(H,26,29)(H,27,30)(H,28,31)/t20-/m0/s1. The fourth-order valence-corrected chi connectivity index (χ4v) is 2.49. The Morgan fingerprint density at radius 1 is 0.969 bits per heavy atom. The van der Waals surface area contributed by atoms with Crippen LogP contribution in [0.4, 0.5) is 0 Å². The molecule has 9 nitrogen and oxygen atoms in total. The Kier molecular flexibility index (Phi) is 9.44. The Bertz CT molecular complexity index is 1090. The van der Waals surface area contributed by atoms with E-state index >= 15 is 0 Å². The Labute approximate surface area is 185 Å². The third-order valence-corrected chi connectivity index (χ3v) is 4.19. The van der Waals surface area contributed by atoms with Gasteiger partial charge in [0.05, 0.1) is 6.54 Å². The molecule has 0 aromatic heterocycles. The maximum Gasteiger partial charge on any atom is 0.267 e. The molecule has 0 unspecified atom stereocenters. The first-order chi connectivity index (χ1) is 15.5. The van der Waals surface area contributed by atoms with Crippen molar-refractivity contribution in [3.8, 4) is 23.7 Å². The topological polar surface area (TPSA) is 160 Å². The minimum Gasteiger partial charge on any atom is -0.351 e. The largest absolute Gasteiger partial charge is 0.351 e. The number of hydrogen-bond donors (Lipinski definition) is 6. The van der Waals surface area contributed by atoms with Crippen LogP contribution in [0.5, 0.6) is 0 Å². The first-order valence-electron chi connectivity index (χ1n) is 9.59. The highest BCUT2D eigenvalue weighted by atomic mass is 16.5. The van der Waals surface area contributed by atoms with Gasteiger partial charge >= 0.3 is 0 Å². The predicted octanol–water partition coefficient (Wildman–Crippen LogP) is -0.773. The van der Waals surface area contributed by atoms with E-state index in [-0.39, 0.29) is 19.0 Å². The van der Waals surface area contributed by atoms with Crippen LogP contribution >= 0.6 is 0 Å². The second-order valence-corrected chi connectivity index (χ2v) is 6.50. The van der Waals surface area contributed by atoms with Crippen molar-refractivity contribution < 1.29 is 19.6 Å². The smallest absolute Gasteiger partial charge is 0.267 e. The number of benzene rings is 2. The molecule has 0 fully saturated rings. The minimum absolute atomic E-state index is 0.0597. The zero-order valence-electron chi connectivity index (χ0n) is 17.1. The van der Waals surface area contributed by atoms with Gasteiger partial charge in [0.2, 0.25) is 5.91 Å². The first kappa shape index (κ1) is 24.1. The van der Waals surface area contributed by atoms with Crippen LogP contribution in [0.25, 0.3) is 0 Å². The zero-order valence-corrected chi connectivity index (χ0v) is 17.1. The van der Waals surface area contributed by atoms with Crippen molar-refractivity contribution in [2.45, 2.75) is 12.6 Å². The second-order valence-electron chi connectivity index (χ2n) is 6.50. The van der Waals surface area contributed by atoms with Gasteiger partial charge in [0.25, 0.3) is 11.8 Å². The lowest BCUT2D eigenvalue weighted by Crippen LogP contribution is -2.50. The molecule has 32 heavy (non-hydrogen) atoms. The summed E-state index contributed by atoms with van der Waals surface area (Å²) in [6.45, 7) is 0.148. The predicted molar refractivity (Wildman–Crippen MR) is 118 cm³/mol. The molecule has 0 aliphatic carbocycles. The Morgan fingerprint density at radius 3 is 2.28 bits per heavy atom. The van der Waals surface area contributed by atoms with E-state index in [1.165, 1.54) is 5.48 Å². The van der Waals surface area contributed by atoms with Gasteiger partial charge in [0.1, 0.15) is 6.04 Å². The van der Waals surface area contributed by atoms with Crippen molar-refractivity contribution in [1.82, 2.24) is 16.1 Å². The van der Waals surface area contributed by atoms with Crippen LogP contribution < -0.4 is 27.6 Å². The zero-order chi connectivity index (χ0) is 23.3. The summed E-state index contributed by atoms with van der Waals surface area (Å²) in [6.07, 6.45) is 0. The molecule has 9 heteroatoms. The molecule has 164 valence electrons. The third kappa shape index (κ3) is 7.59. The van der Waals surface area contributed by atoms with Crippen LogP contribution in [0.1, 0.15) is 27.0 Å². The number of carbonyl (C=O) groups is 3. The molecule has 2 aromatic carbocycles. The van der Waals surface area contributed by atoms with Gasteiger partial charge in [-0.2, -0.15) is 0 Å². The van der Waals surface area contributed by atoms with E-state index in [2.05, 4.69) is 34.3 Å². The van der Waals surface area contributed by atoms with Crippen molar-refractivity contribution in [2.24, 2.45) is 11.5 Å². The molecule has 0 radical (unpaired) electrons. The molecular formula is C23H23N5O4. The summed E-state index contributed by atoms with van der Waals surface area (Å²) in [4.78, 5) is 34.8. The van der Waals surface area contributed by atoms with Crippen LogP contribution in [-0.2, 0) is 16.1 Å². The first-order valence-corrected chi connectivity index (χ1v) is 9.59. The molecule has 2 rings (SSSR count). The van der Waals surface area contributed by atoms with E-state index in [1.54, 1.807) is 24.3 Å². The number of carbonyl (C=O) groups excluding carboxylic acids is 3. The van der Waals surface area contributed by atoms with Gasteiger partial charge in [-0.05, 0) is 53.8 Å². The van der Waals surface area contributed by atoms with Crippen molar-refractivity contribution in [3.63, 3.8) is 0 Å². The van der Waals surface area contributed by atoms with Crippen molar-refractivity contribution in [2.75, 3.05) is 13.1 Å². The number of nitrogens with two attached hydrogens (primary N) is 2. The summed E-state index contributed by atoms with van der Waals surface area (Å²) in [6, 6.07) is 12.8. The van der Waals surface area contributed by atoms with Crippen LogP contribution in [0, 0.1) is 23.7 Å². The average Bonchev–Trinajstić information content (AvgIpc) is 2.83. The Morgan fingerprint density at radius 2 is 1.66 bits per heavy atom. The molecule has 2 aromatic rings. The Balaban J connectivity index is 1.98. The van der Waals surface area contributed by atoms with Crippen molar-refractivity contribution in [1.29, 1.82) is 0 Å². The molecule has 0 saturated heterocycles. The van der Waals surface area contributed by atoms with Gasteiger partial charge in [-0.25, -0.2) is 5.48 Å². The fraction of sp³-hybridized carbons (Fsp3) is 0.174. The normalized spacial score (nSPS) is 10.5. The van der Waals surface area contributed by atoms with E-state index in [0.717, 1.165) is 11.1 Å². The monoisotopic (exact) mass is 433 g/mol. The average molecular weight is 433 g/mol. The summed E-state index contributed by atoms with van der Waals surface area (Å²) >= 11 is 0. The van der Waals surface area contributed by atoms with Crippen LogP contribution in [-0.4, -0.2) is 42.1 Å². The molecule has 0 bridgehead atoms. The molecule has 0 spiro atoms. The van der Waals surface area contributed by atoms with Gasteiger partial charge in [-0.3, -0.25) is 19.6 Å². The molecule has 3 amide bonds. The van der Waals surface area contributed by atoms with Crippen molar-refractivity contribution >= 4 is 17.7 Å². The van der Waals surface area contributed by atoms with Gasteiger partial charge in [0, 0.05) is 29.8 Å². The maximum absolute atomic E-state index is 12.2. The maximum atomic E-state index is 12.2. The number of amides is 3. The van der Waals surface area contributed by atoms with Gasteiger partial charge < -0.3 is 22.1 Å². The molecule has 8 N–H and O–H groups in total. The lowest BCUT2D eigenvalue weighted by Gasteiger charge is -2.14. The third-order valence-electron chi connectivity index (χ3n) is 4.19. The van der Waals surface area contributed by atoms with Crippen LogP contribution in [0.3, 0.4) is 0 Å². The molecular weight excluding hydrogens is 410 g/mol. The Hall–Kier alpha value is -4.15. The number of hydrogen-bond acceptors (Lipinski definition) is 6. The van der Waals surface area contributed by atoms with Gasteiger partial charge in [-0.15, -0.1) is 0 Å². The number of nitrogens with one attached hydrogen (secondary N) is 3. The highest BCUT2D eigenvalue weighted by Crippen LogP contribution is 2.05. The lowest BCUT2D eigenvalue weighted by atomic mass is 10.1. The summed E-state index contributed by atoms with van der Waals surface area (Å²) in [5.74, 6) is 9.79. The highest BCUT2D eigenvalue weighted by molar-refractivity contribution is 5.97.